The van der Waals surface area contributed by atoms with E-state index in [-0.39, 0.29) is 5.97 Å². The quantitative estimate of drug-likeness (QED) is 0.503. The molecule has 0 atom stereocenters. The van der Waals surface area contributed by atoms with Gasteiger partial charge in [0.15, 0.2) is 0 Å². The Balaban J connectivity index is 2.17. The van der Waals surface area contributed by atoms with E-state index < -0.39 is 0 Å². The maximum Gasteiger partial charge on any atom is 0.340 e. The van der Waals surface area contributed by atoms with E-state index in [9.17, 15) is 4.79 Å². The zero-order chi connectivity index (χ0) is 17.0. The van der Waals surface area contributed by atoms with E-state index in [4.69, 9.17) is 4.74 Å². The van der Waals surface area contributed by atoms with E-state index in [0.717, 1.165) is 28.3 Å². The lowest BCUT2D eigenvalue weighted by atomic mass is 10.1. The molecule has 0 spiro atoms. The van der Waals surface area contributed by atoms with Crippen LogP contribution in [-0.2, 0) is 4.74 Å². The molecule has 0 saturated heterocycles. The molecule has 2 aromatic rings. The fourth-order valence-electron chi connectivity index (χ4n) is 2.34. The highest BCUT2D eigenvalue weighted by atomic mass is 16.5. The summed E-state index contributed by atoms with van der Waals surface area (Å²) in [5.74, 6) is 0.106. The molecule has 0 aliphatic carbocycles. The summed E-state index contributed by atoms with van der Waals surface area (Å²) in [5.41, 5.74) is 7.37. The van der Waals surface area contributed by atoms with Crippen molar-refractivity contribution in [2.75, 3.05) is 12.0 Å². The van der Waals surface area contributed by atoms with E-state index in [1.165, 1.54) is 0 Å². The summed E-state index contributed by atoms with van der Waals surface area (Å²) in [4.78, 5) is 23.6. The normalized spacial score (nSPS) is 11.0. The van der Waals surface area contributed by atoms with Crippen LogP contribution in [-0.4, -0.2) is 33.7 Å². The molecule has 0 aliphatic heterocycles. The third-order valence-corrected chi connectivity index (χ3v) is 3.30. The summed E-state index contributed by atoms with van der Waals surface area (Å²) in [7, 11) is 0. The highest BCUT2D eigenvalue weighted by Crippen LogP contribution is 2.17. The molecule has 122 valence electrons. The molecule has 2 heterocycles. The van der Waals surface area contributed by atoms with Crippen LogP contribution in [0.3, 0.4) is 0 Å². The molecule has 2 aromatic heterocycles. The molecule has 2 N–H and O–H groups in total. The first-order valence-electron chi connectivity index (χ1n) is 7.40. The average Bonchev–Trinajstić information content (AvgIpc) is 2.73. The third-order valence-electron chi connectivity index (χ3n) is 3.30. The minimum absolute atomic E-state index is 0.330. The topological polar surface area (TPSA) is 92.3 Å². The highest BCUT2D eigenvalue weighted by molar-refractivity contribution is 5.96. The zero-order valence-electron chi connectivity index (χ0n) is 14.0. The van der Waals surface area contributed by atoms with Crippen molar-refractivity contribution >= 4 is 18.1 Å². The molecule has 7 heteroatoms. The maximum absolute atomic E-state index is 11.9. The number of aromatic amines is 1. The Morgan fingerprint density at radius 3 is 2.57 bits per heavy atom. The number of aryl methyl sites for hydroxylation is 3. The molecular formula is C16H21N5O2. The molecule has 23 heavy (non-hydrogen) atoms. The van der Waals surface area contributed by atoms with Gasteiger partial charge in [-0.1, -0.05) is 0 Å². The van der Waals surface area contributed by atoms with Crippen LogP contribution in [0, 0.1) is 27.7 Å². The van der Waals surface area contributed by atoms with Crippen LogP contribution in [0.5, 0.6) is 0 Å². The predicted molar refractivity (Wildman–Crippen MR) is 88.9 cm³/mol. The van der Waals surface area contributed by atoms with E-state index >= 15 is 0 Å². The lowest BCUT2D eigenvalue weighted by Crippen LogP contribution is -2.06. The Labute approximate surface area is 135 Å². The van der Waals surface area contributed by atoms with Gasteiger partial charge in [0.1, 0.15) is 0 Å². The van der Waals surface area contributed by atoms with Gasteiger partial charge in [0.05, 0.1) is 24.1 Å². The molecule has 0 aromatic carbocycles. The Morgan fingerprint density at radius 1 is 1.30 bits per heavy atom. The lowest BCUT2D eigenvalue weighted by Gasteiger charge is -2.02. The number of hydrogen-bond donors (Lipinski definition) is 2. The summed E-state index contributed by atoms with van der Waals surface area (Å²) < 4.78 is 5.06. The van der Waals surface area contributed by atoms with Crippen molar-refractivity contribution in [3.8, 4) is 0 Å². The standard InChI is InChI=1S/C16H21N5O2/c1-6-23-15(22)14-11(4)13(20-12(14)5)8-17-21-16-18-9(2)7-10(3)19-16/h7-8,20H,6H2,1-5H3,(H,18,19,21)/b17-8+. The molecule has 7 nitrogen and oxygen atoms in total. The fourth-order valence-corrected chi connectivity index (χ4v) is 2.34. The number of hydrazone groups is 1. The average molecular weight is 315 g/mol. The van der Waals surface area contributed by atoms with Crippen LogP contribution in [0.15, 0.2) is 11.2 Å². The number of esters is 1. The monoisotopic (exact) mass is 315 g/mol. The van der Waals surface area contributed by atoms with Gasteiger partial charge in [0.2, 0.25) is 5.95 Å². The van der Waals surface area contributed by atoms with Gasteiger partial charge in [-0.2, -0.15) is 5.10 Å². The number of H-pyrrole nitrogens is 1. The SMILES string of the molecule is CCOC(=O)c1c(C)[nH]c(/C=N/Nc2nc(C)cc(C)n2)c1C. The Kier molecular flexibility index (Phi) is 5.10. The van der Waals surface area contributed by atoms with Gasteiger partial charge in [-0.3, -0.25) is 0 Å². The number of aromatic nitrogens is 3. The van der Waals surface area contributed by atoms with Crippen molar-refractivity contribution in [3.05, 3.63) is 40.0 Å². The van der Waals surface area contributed by atoms with Crippen molar-refractivity contribution in [2.24, 2.45) is 5.10 Å². The maximum atomic E-state index is 11.9. The summed E-state index contributed by atoms with van der Waals surface area (Å²) in [6.07, 6.45) is 1.60. The van der Waals surface area contributed by atoms with Gasteiger partial charge in [0.25, 0.3) is 0 Å². The summed E-state index contributed by atoms with van der Waals surface area (Å²) in [6.45, 7) is 9.60. The van der Waals surface area contributed by atoms with Crippen LogP contribution < -0.4 is 5.43 Å². The largest absolute Gasteiger partial charge is 0.462 e. The smallest absolute Gasteiger partial charge is 0.340 e. The summed E-state index contributed by atoms with van der Waals surface area (Å²) in [6, 6.07) is 1.89. The number of nitrogens with one attached hydrogen (secondary N) is 2. The molecule has 0 bridgehead atoms. The van der Waals surface area contributed by atoms with Crippen molar-refractivity contribution in [1.29, 1.82) is 0 Å². The van der Waals surface area contributed by atoms with E-state index in [1.807, 2.05) is 33.8 Å². The van der Waals surface area contributed by atoms with Gasteiger partial charge >= 0.3 is 5.97 Å². The molecule has 0 amide bonds. The molecule has 0 fully saturated rings. The molecule has 0 aliphatic rings. The van der Waals surface area contributed by atoms with Crippen molar-refractivity contribution < 1.29 is 9.53 Å². The Bertz CT molecular complexity index is 729. The fraction of sp³-hybridized carbons (Fsp3) is 0.375. The number of carbonyl (C=O) groups is 1. The predicted octanol–water partition coefficient (Wildman–Crippen LogP) is 2.66. The van der Waals surface area contributed by atoms with Gasteiger partial charge < -0.3 is 9.72 Å². The van der Waals surface area contributed by atoms with Crippen molar-refractivity contribution in [1.82, 2.24) is 15.0 Å². The van der Waals surface area contributed by atoms with E-state index in [1.54, 1.807) is 13.1 Å². The van der Waals surface area contributed by atoms with Gasteiger partial charge in [-0.25, -0.2) is 20.2 Å². The number of rotatable bonds is 5. The van der Waals surface area contributed by atoms with Crippen LogP contribution in [0.4, 0.5) is 5.95 Å². The van der Waals surface area contributed by atoms with Crippen LogP contribution in [0.1, 0.15) is 45.6 Å². The third kappa shape index (κ3) is 3.94. The Hall–Kier alpha value is -2.70. The second kappa shape index (κ2) is 7.04. The number of ether oxygens (including phenoxy) is 1. The van der Waals surface area contributed by atoms with Gasteiger partial charge in [-0.15, -0.1) is 0 Å². The van der Waals surface area contributed by atoms with Gasteiger partial charge in [-0.05, 0) is 46.2 Å². The first-order chi connectivity index (χ1) is 10.9. The number of anilines is 1. The van der Waals surface area contributed by atoms with Crippen LogP contribution in [0.2, 0.25) is 0 Å². The highest BCUT2D eigenvalue weighted by Gasteiger charge is 2.18. The number of carbonyl (C=O) groups excluding carboxylic acids is 1. The molecule has 0 radical (unpaired) electrons. The second-order valence-corrected chi connectivity index (χ2v) is 5.23. The van der Waals surface area contributed by atoms with E-state index in [2.05, 4.69) is 25.5 Å². The minimum Gasteiger partial charge on any atom is -0.462 e. The van der Waals surface area contributed by atoms with Crippen LogP contribution in [0.25, 0.3) is 0 Å². The molecule has 0 unspecified atom stereocenters. The van der Waals surface area contributed by atoms with Crippen molar-refractivity contribution in [3.63, 3.8) is 0 Å². The zero-order valence-corrected chi connectivity index (χ0v) is 14.0. The summed E-state index contributed by atoms with van der Waals surface area (Å²) in [5, 5.41) is 4.13. The summed E-state index contributed by atoms with van der Waals surface area (Å²) >= 11 is 0. The molecule has 2 rings (SSSR count). The van der Waals surface area contributed by atoms with E-state index in [0.29, 0.717) is 18.1 Å². The first-order valence-corrected chi connectivity index (χ1v) is 7.40. The Morgan fingerprint density at radius 2 is 1.96 bits per heavy atom. The van der Waals surface area contributed by atoms with Crippen molar-refractivity contribution in [2.45, 2.75) is 34.6 Å². The first kappa shape index (κ1) is 16.7. The number of nitrogens with zero attached hydrogens (tertiary/aromatic N) is 3. The van der Waals surface area contributed by atoms with Gasteiger partial charge in [0, 0.05) is 17.1 Å². The minimum atomic E-state index is -0.330. The second-order valence-electron chi connectivity index (χ2n) is 5.23. The van der Waals surface area contributed by atoms with Crippen LogP contribution >= 0.6 is 0 Å². The lowest BCUT2D eigenvalue weighted by molar-refractivity contribution is 0.0525. The number of hydrogen-bond acceptors (Lipinski definition) is 6. The molecule has 0 saturated carbocycles. The molecular weight excluding hydrogens is 294 g/mol.